The quantitative estimate of drug-likeness (QED) is 0.915. The van der Waals surface area contributed by atoms with Crippen LogP contribution in [0.5, 0.6) is 0 Å². The van der Waals surface area contributed by atoms with Gasteiger partial charge in [-0.2, -0.15) is 0 Å². The highest BCUT2D eigenvalue weighted by molar-refractivity contribution is 6.03. The lowest BCUT2D eigenvalue weighted by Gasteiger charge is -2.24. The van der Waals surface area contributed by atoms with Crippen LogP contribution in [0.25, 0.3) is 0 Å². The molecule has 0 saturated carbocycles. The number of carbonyl (C=O) groups excluding carboxylic acids is 2. The van der Waals surface area contributed by atoms with Crippen LogP contribution >= 0.6 is 0 Å². The smallest absolute Gasteiger partial charge is 0.243 e. The molecule has 2 amide bonds. The van der Waals surface area contributed by atoms with Crippen molar-refractivity contribution < 1.29 is 9.59 Å². The van der Waals surface area contributed by atoms with Crippen LogP contribution in [-0.4, -0.2) is 24.4 Å². The summed E-state index contributed by atoms with van der Waals surface area (Å²) in [6.45, 7) is 6.75. The summed E-state index contributed by atoms with van der Waals surface area (Å²) in [5, 5.41) is 2.92. The van der Waals surface area contributed by atoms with Crippen LogP contribution in [0.1, 0.15) is 32.3 Å². The molecule has 0 bridgehead atoms. The van der Waals surface area contributed by atoms with Gasteiger partial charge >= 0.3 is 0 Å². The first-order valence-electron chi connectivity index (χ1n) is 7.15. The SMILES string of the molecule is Cc1ccc(N2C(=O)CCC2C(=O)NCC(C)C)cc1. The molecule has 0 radical (unpaired) electrons. The summed E-state index contributed by atoms with van der Waals surface area (Å²) in [5.74, 6) is 0.382. The molecule has 1 aromatic carbocycles. The molecule has 4 heteroatoms. The van der Waals surface area contributed by atoms with E-state index in [9.17, 15) is 9.59 Å². The third kappa shape index (κ3) is 3.18. The summed E-state index contributed by atoms with van der Waals surface area (Å²) in [4.78, 5) is 25.9. The molecule has 1 heterocycles. The molecule has 2 rings (SSSR count). The summed E-state index contributed by atoms with van der Waals surface area (Å²) >= 11 is 0. The first-order valence-corrected chi connectivity index (χ1v) is 7.15. The van der Waals surface area contributed by atoms with E-state index in [2.05, 4.69) is 19.2 Å². The van der Waals surface area contributed by atoms with E-state index >= 15 is 0 Å². The van der Waals surface area contributed by atoms with Gasteiger partial charge in [0.1, 0.15) is 6.04 Å². The molecule has 0 spiro atoms. The first-order chi connectivity index (χ1) is 9.49. The zero-order valence-corrected chi connectivity index (χ0v) is 12.3. The normalized spacial score (nSPS) is 18.7. The van der Waals surface area contributed by atoms with Gasteiger partial charge in [-0.1, -0.05) is 31.5 Å². The van der Waals surface area contributed by atoms with E-state index in [4.69, 9.17) is 0 Å². The number of carbonyl (C=O) groups is 2. The highest BCUT2D eigenvalue weighted by Gasteiger charge is 2.36. The lowest BCUT2D eigenvalue weighted by Crippen LogP contribution is -2.45. The zero-order valence-electron chi connectivity index (χ0n) is 12.3. The molecular formula is C16H22N2O2. The van der Waals surface area contributed by atoms with Crippen LogP contribution in [0.15, 0.2) is 24.3 Å². The molecule has 1 unspecified atom stereocenters. The van der Waals surface area contributed by atoms with Crippen molar-refractivity contribution in [3.8, 4) is 0 Å². The molecule has 0 aliphatic carbocycles. The molecule has 108 valence electrons. The van der Waals surface area contributed by atoms with E-state index in [1.165, 1.54) is 0 Å². The molecule has 1 aromatic rings. The minimum absolute atomic E-state index is 0.0264. The van der Waals surface area contributed by atoms with Crippen molar-refractivity contribution in [1.82, 2.24) is 5.32 Å². The van der Waals surface area contributed by atoms with Gasteiger partial charge < -0.3 is 5.32 Å². The number of aryl methyl sites for hydroxylation is 1. The van der Waals surface area contributed by atoms with Gasteiger partial charge in [0.15, 0.2) is 0 Å². The fourth-order valence-electron chi connectivity index (χ4n) is 2.38. The van der Waals surface area contributed by atoms with Gasteiger partial charge in [-0.25, -0.2) is 0 Å². The van der Waals surface area contributed by atoms with Gasteiger partial charge in [-0.3, -0.25) is 14.5 Å². The Morgan fingerprint density at radius 2 is 2.00 bits per heavy atom. The van der Waals surface area contributed by atoms with Crippen molar-refractivity contribution in [3.05, 3.63) is 29.8 Å². The Hall–Kier alpha value is -1.84. The topological polar surface area (TPSA) is 49.4 Å². The standard InChI is InChI=1S/C16H22N2O2/c1-11(2)10-17-16(20)14-8-9-15(19)18(14)13-6-4-12(3)5-7-13/h4-7,11,14H,8-10H2,1-3H3,(H,17,20). The average Bonchev–Trinajstić information content (AvgIpc) is 2.79. The lowest BCUT2D eigenvalue weighted by molar-refractivity contribution is -0.124. The minimum atomic E-state index is -0.371. The highest BCUT2D eigenvalue weighted by Crippen LogP contribution is 2.27. The number of nitrogens with zero attached hydrogens (tertiary/aromatic N) is 1. The van der Waals surface area contributed by atoms with Crippen LogP contribution < -0.4 is 10.2 Å². The molecule has 1 fully saturated rings. The largest absolute Gasteiger partial charge is 0.354 e. The van der Waals surface area contributed by atoms with Gasteiger partial charge in [0.25, 0.3) is 0 Å². The Kier molecular flexibility index (Phi) is 4.42. The Morgan fingerprint density at radius 1 is 1.35 bits per heavy atom. The average molecular weight is 274 g/mol. The Balaban J connectivity index is 2.14. The van der Waals surface area contributed by atoms with Gasteiger partial charge in [0.2, 0.25) is 11.8 Å². The van der Waals surface area contributed by atoms with Crippen molar-refractivity contribution in [3.63, 3.8) is 0 Å². The number of anilines is 1. The van der Waals surface area contributed by atoms with E-state index in [1.54, 1.807) is 4.90 Å². The Morgan fingerprint density at radius 3 is 2.60 bits per heavy atom. The monoisotopic (exact) mass is 274 g/mol. The molecule has 4 nitrogen and oxygen atoms in total. The van der Waals surface area contributed by atoms with Gasteiger partial charge in [0.05, 0.1) is 0 Å². The second kappa shape index (κ2) is 6.07. The lowest BCUT2D eigenvalue weighted by atomic mass is 10.1. The summed E-state index contributed by atoms with van der Waals surface area (Å²) in [5.41, 5.74) is 1.95. The highest BCUT2D eigenvalue weighted by atomic mass is 16.2. The van der Waals surface area contributed by atoms with E-state index < -0.39 is 0 Å². The summed E-state index contributed by atoms with van der Waals surface area (Å²) in [6.07, 6.45) is 1.03. The maximum Gasteiger partial charge on any atom is 0.243 e. The van der Waals surface area contributed by atoms with Crippen molar-refractivity contribution >= 4 is 17.5 Å². The zero-order chi connectivity index (χ0) is 14.7. The summed E-state index contributed by atoms with van der Waals surface area (Å²) < 4.78 is 0. The van der Waals surface area contributed by atoms with E-state index in [0.717, 1.165) is 11.3 Å². The van der Waals surface area contributed by atoms with Crippen molar-refractivity contribution in [1.29, 1.82) is 0 Å². The minimum Gasteiger partial charge on any atom is -0.354 e. The Labute approximate surface area is 120 Å². The van der Waals surface area contributed by atoms with Crippen molar-refractivity contribution in [2.45, 2.75) is 39.7 Å². The van der Waals surface area contributed by atoms with Crippen LogP contribution in [0.2, 0.25) is 0 Å². The van der Waals surface area contributed by atoms with Crippen molar-refractivity contribution in [2.75, 3.05) is 11.4 Å². The maximum atomic E-state index is 12.2. The van der Waals surface area contributed by atoms with Crippen LogP contribution in [0.4, 0.5) is 5.69 Å². The third-order valence-corrected chi connectivity index (χ3v) is 3.51. The molecular weight excluding hydrogens is 252 g/mol. The maximum absolute atomic E-state index is 12.2. The molecule has 1 atom stereocenters. The van der Waals surface area contributed by atoms with Gasteiger partial charge in [-0.15, -0.1) is 0 Å². The number of hydrogen-bond acceptors (Lipinski definition) is 2. The van der Waals surface area contributed by atoms with Gasteiger partial charge in [-0.05, 0) is 31.4 Å². The van der Waals surface area contributed by atoms with Crippen molar-refractivity contribution in [2.24, 2.45) is 5.92 Å². The molecule has 1 aliphatic rings. The number of rotatable bonds is 4. The third-order valence-electron chi connectivity index (χ3n) is 3.51. The number of hydrogen-bond donors (Lipinski definition) is 1. The fourth-order valence-corrected chi connectivity index (χ4v) is 2.38. The molecule has 1 N–H and O–H groups in total. The summed E-state index contributed by atoms with van der Waals surface area (Å²) in [6, 6.07) is 7.36. The fraction of sp³-hybridized carbons (Fsp3) is 0.500. The van der Waals surface area contributed by atoms with Gasteiger partial charge in [0, 0.05) is 18.7 Å². The second-order valence-electron chi connectivity index (χ2n) is 5.79. The van der Waals surface area contributed by atoms with Crippen LogP contribution in [0.3, 0.4) is 0 Å². The van der Waals surface area contributed by atoms with Crippen LogP contribution in [-0.2, 0) is 9.59 Å². The number of amides is 2. The van der Waals surface area contributed by atoms with E-state index in [0.29, 0.717) is 25.3 Å². The molecule has 0 aromatic heterocycles. The molecule has 1 aliphatic heterocycles. The van der Waals surface area contributed by atoms with Crippen LogP contribution in [0, 0.1) is 12.8 Å². The van der Waals surface area contributed by atoms with E-state index in [1.807, 2.05) is 31.2 Å². The first kappa shape index (κ1) is 14.6. The molecule has 1 saturated heterocycles. The second-order valence-corrected chi connectivity index (χ2v) is 5.79. The molecule has 20 heavy (non-hydrogen) atoms. The Bertz CT molecular complexity index is 494. The number of nitrogens with one attached hydrogen (secondary N) is 1. The predicted octanol–water partition coefficient (Wildman–Crippen LogP) is 2.26. The predicted molar refractivity (Wildman–Crippen MR) is 79.5 cm³/mol. The summed E-state index contributed by atoms with van der Waals surface area (Å²) in [7, 11) is 0. The number of benzene rings is 1. The van der Waals surface area contributed by atoms with E-state index in [-0.39, 0.29) is 17.9 Å².